The molecule has 3 heteroatoms. The zero-order valence-corrected chi connectivity index (χ0v) is 28.6. The van der Waals surface area contributed by atoms with Gasteiger partial charge in [-0.1, -0.05) is 133 Å². The van der Waals surface area contributed by atoms with Gasteiger partial charge in [0.2, 0.25) is 0 Å². The number of rotatable bonds is 6. The van der Waals surface area contributed by atoms with Crippen molar-refractivity contribution in [2.24, 2.45) is 0 Å². The second-order valence-corrected chi connectivity index (χ2v) is 14.1. The molecule has 0 saturated carbocycles. The average molecular weight is 669 g/mol. The van der Waals surface area contributed by atoms with Gasteiger partial charge in [-0.3, -0.25) is 0 Å². The van der Waals surface area contributed by atoms with Gasteiger partial charge in [0.25, 0.3) is 0 Å². The number of nitrogens with zero attached hydrogens (tertiary/aromatic N) is 2. The van der Waals surface area contributed by atoms with E-state index < -0.39 is 0 Å². The maximum Gasteiger partial charge on any atom is 0.0562 e. The first-order valence-corrected chi connectivity index (χ1v) is 18.2. The molecule has 2 aromatic heterocycles. The number of benzene rings is 8. The Morgan fingerprint density at radius 2 is 0.980 bits per heavy atom. The lowest BCUT2D eigenvalue weighted by Gasteiger charge is -2.26. The molecule has 0 spiro atoms. The molecular formula is C48H32N2S. The Morgan fingerprint density at radius 1 is 0.373 bits per heavy atom. The molecule has 0 aliphatic heterocycles. The van der Waals surface area contributed by atoms with Crippen molar-refractivity contribution >= 4 is 70.4 Å². The summed E-state index contributed by atoms with van der Waals surface area (Å²) >= 11 is 1.86. The summed E-state index contributed by atoms with van der Waals surface area (Å²) < 4.78 is 5.02. The molecule has 0 amide bonds. The van der Waals surface area contributed by atoms with Gasteiger partial charge in [-0.15, -0.1) is 11.3 Å². The molecule has 2 nitrogen and oxygen atoms in total. The summed E-state index contributed by atoms with van der Waals surface area (Å²) in [7, 11) is 0. The Balaban J connectivity index is 1.24. The molecule has 10 aromatic rings. The summed E-state index contributed by atoms with van der Waals surface area (Å²) in [6.45, 7) is 0. The summed E-state index contributed by atoms with van der Waals surface area (Å²) in [5.74, 6) is 0. The smallest absolute Gasteiger partial charge is 0.0562 e. The molecule has 0 N–H and O–H groups in total. The second kappa shape index (κ2) is 12.2. The zero-order valence-electron chi connectivity index (χ0n) is 27.8. The third-order valence-electron chi connectivity index (χ3n) is 9.96. The van der Waals surface area contributed by atoms with E-state index >= 15 is 0 Å². The van der Waals surface area contributed by atoms with Crippen LogP contribution in [0.5, 0.6) is 0 Å². The Bertz CT molecular complexity index is 2850. The first-order chi connectivity index (χ1) is 25.3. The highest BCUT2D eigenvalue weighted by atomic mass is 32.1. The van der Waals surface area contributed by atoms with Gasteiger partial charge in [0.05, 0.1) is 11.0 Å². The van der Waals surface area contributed by atoms with Crippen LogP contribution in [-0.4, -0.2) is 4.57 Å². The van der Waals surface area contributed by atoms with E-state index in [2.05, 4.69) is 204 Å². The molecule has 0 unspecified atom stereocenters. The number of para-hydroxylation sites is 1. The van der Waals surface area contributed by atoms with Gasteiger partial charge in [0.1, 0.15) is 0 Å². The van der Waals surface area contributed by atoms with Gasteiger partial charge in [-0.2, -0.15) is 0 Å². The van der Waals surface area contributed by atoms with E-state index in [-0.39, 0.29) is 0 Å². The predicted molar refractivity (Wildman–Crippen MR) is 219 cm³/mol. The topological polar surface area (TPSA) is 8.17 Å². The van der Waals surface area contributed by atoms with E-state index in [0.29, 0.717) is 0 Å². The minimum absolute atomic E-state index is 1.11. The summed E-state index contributed by atoms with van der Waals surface area (Å²) in [6, 6.07) is 70.4. The lowest BCUT2D eigenvalue weighted by molar-refractivity contribution is 1.18. The highest BCUT2D eigenvalue weighted by Crippen LogP contribution is 2.44. The summed E-state index contributed by atoms with van der Waals surface area (Å²) in [6.07, 6.45) is 0. The third kappa shape index (κ3) is 5.01. The average Bonchev–Trinajstić information content (AvgIpc) is 3.74. The van der Waals surface area contributed by atoms with E-state index in [1.807, 2.05) is 11.3 Å². The van der Waals surface area contributed by atoms with Crippen LogP contribution < -0.4 is 4.90 Å². The molecule has 0 bridgehead atoms. The van der Waals surface area contributed by atoms with Gasteiger partial charge in [0, 0.05) is 53.7 Å². The summed E-state index contributed by atoms with van der Waals surface area (Å²) in [5, 5.41) is 5.10. The Labute approximate surface area is 300 Å². The van der Waals surface area contributed by atoms with Crippen LogP contribution in [0.15, 0.2) is 194 Å². The van der Waals surface area contributed by atoms with Gasteiger partial charge in [-0.05, 0) is 82.9 Å². The zero-order chi connectivity index (χ0) is 33.7. The van der Waals surface area contributed by atoms with Crippen molar-refractivity contribution in [1.82, 2.24) is 4.57 Å². The van der Waals surface area contributed by atoms with Crippen LogP contribution in [0.1, 0.15) is 0 Å². The molecule has 10 rings (SSSR count). The fourth-order valence-corrected chi connectivity index (χ4v) is 8.80. The van der Waals surface area contributed by atoms with Crippen LogP contribution in [0.4, 0.5) is 17.1 Å². The fraction of sp³-hybridized carbons (Fsp3) is 0. The minimum atomic E-state index is 1.11. The van der Waals surface area contributed by atoms with Gasteiger partial charge >= 0.3 is 0 Å². The van der Waals surface area contributed by atoms with Gasteiger partial charge in [-0.25, -0.2) is 0 Å². The predicted octanol–water partition coefficient (Wildman–Crippen LogP) is 14.0. The molecule has 240 valence electrons. The fourth-order valence-electron chi connectivity index (χ4n) is 7.66. The molecular weight excluding hydrogens is 637 g/mol. The van der Waals surface area contributed by atoms with Crippen molar-refractivity contribution in [3.05, 3.63) is 194 Å². The Kier molecular flexibility index (Phi) is 7.04. The summed E-state index contributed by atoms with van der Waals surface area (Å²) in [5.41, 5.74) is 11.7. The minimum Gasteiger partial charge on any atom is -0.310 e. The first kappa shape index (κ1) is 29.5. The van der Waals surface area contributed by atoms with Crippen molar-refractivity contribution in [2.45, 2.75) is 0 Å². The van der Waals surface area contributed by atoms with E-state index in [0.717, 1.165) is 22.7 Å². The van der Waals surface area contributed by atoms with Crippen molar-refractivity contribution in [1.29, 1.82) is 0 Å². The van der Waals surface area contributed by atoms with Crippen LogP contribution >= 0.6 is 11.3 Å². The quantitative estimate of drug-likeness (QED) is 0.171. The first-order valence-electron chi connectivity index (χ1n) is 17.4. The third-order valence-corrected chi connectivity index (χ3v) is 11.1. The molecule has 0 fully saturated rings. The number of anilines is 3. The molecule has 0 aliphatic carbocycles. The summed E-state index contributed by atoms with van der Waals surface area (Å²) in [4.78, 5) is 2.42. The van der Waals surface area contributed by atoms with Crippen LogP contribution in [-0.2, 0) is 0 Å². The molecule has 0 radical (unpaired) electrons. The maximum atomic E-state index is 2.42. The normalized spacial score (nSPS) is 11.5. The monoisotopic (exact) mass is 668 g/mol. The van der Waals surface area contributed by atoms with E-state index in [1.54, 1.807) is 0 Å². The molecule has 8 aromatic carbocycles. The van der Waals surface area contributed by atoms with Crippen LogP contribution in [0.25, 0.3) is 69.9 Å². The van der Waals surface area contributed by atoms with Crippen LogP contribution in [0.3, 0.4) is 0 Å². The molecule has 0 saturated heterocycles. The number of aromatic nitrogens is 1. The Morgan fingerprint density at radius 3 is 1.78 bits per heavy atom. The number of thiophene rings is 1. The van der Waals surface area contributed by atoms with Crippen LogP contribution in [0.2, 0.25) is 0 Å². The standard InChI is InChI=1S/C48H32N2S/c1-4-14-33(15-5-1)35-18-12-21-37(30-35)49(39-26-28-42-41-22-10-11-25-46(41)51-47(42)32-39)38-27-29-43-45(31-38)50(36-19-8-3-9-20-36)44-24-13-23-40(48(43)44)34-16-6-2-7-17-34/h1-32H. The Hall–Kier alpha value is -6.42. The lowest BCUT2D eigenvalue weighted by atomic mass is 9.99. The highest BCUT2D eigenvalue weighted by Gasteiger charge is 2.20. The van der Waals surface area contributed by atoms with E-state index in [1.165, 1.54) is 64.2 Å². The number of fused-ring (bicyclic) bond motifs is 6. The molecule has 0 atom stereocenters. The second-order valence-electron chi connectivity index (χ2n) is 13.0. The largest absolute Gasteiger partial charge is 0.310 e. The SMILES string of the molecule is c1ccc(-c2cccc(N(c3ccc4c(c3)sc3ccccc34)c3ccc4c5c(-c6ccccc6)cccc5n(-c5ccccc5)c4c3)c2)cc1. The lowest BCUT2D eigenvalue weighted by Crippen LogP contribution is -2.10. The number of hydrogen-bond donors (Lipinski definition) is 0. The number of hydrogen-bond acceptors (Lipinski definition) is 2. The van der Waals surface area contributed by atoms with E-state index in [9.17, 15) is 0 Å². The van der Waals surface area contributed by atoms with Gasteiger partial charge in [0.15, 0.2) is 0 Å². The maximum absolute atomic E-state index is 2.42. The molecule has 51 heavy (non-hydrogen) atoms. The van der Waals surface area contributed by atoms with Crippen molar-refractivity contribution in [2.75, 3.05) is 4.90 Å². The van der Waals surface area contributed by atoms with Crippen molar-refractivity contribution in [3.63, 3.8) is 0 Å². The molecule has 0 aliphatic rings. The van der Waals surface area contributed by atoms with Gasteiger partial charge < -0.3 is 9.47 Å². The van der Waals surface area contributed by atoms with Crippen molar-refractivity contribution < 1.29 is 0 Å². The van der Waals surface area contributed by atoms with Crippen molar-refractivity contribution in [3.8, 4) is 27.9 Å². The van der Waals surface area contributed by atoms with E-state index in [4.69, 9.17) is 0 Å². The van der Waals surface area contributed by atoms with Crippen LogP contribution in [0, 0.1) is 0 Å². The molecule has 2 heterocycles. The highest BCUT2D eigenvalue weighted by molar-refractivity contribution is 7.25.